The van der Waals surface area contributed by atoms with E-state index in [-0.39, 0.29) is 24.0 Å². The van der Waals surface area contributed by atoms with Crippen LogP contribution < -0.4 is 5.32 Å². The van der Waals surface area contributed by atoms with E-state index in [4.69, 9.17) is 5.11 Å². The highest BCUT2D eigenvalue weighted by Gasteiger charge is 2.28. The second-order valence-electron chi connectivity index (χ2n) is 6.13. The number of hydrogen-bond acceptors (Lipinski definition) is 4. The Balaban J connectivity index is 3.96. The Morgan fingerprint density at radius 1 is 1.06 bits per heavy atom. The normalized spacial score (nSPS) is 15.2. The summed E-state index contributed by atoms with van der Waals surface area (Å²) in [4.78, 5) is 0. The summed E-state index contributed by atoms with van der Waals surface area (Å²) in [6.45, 7) is 9.46. The molecular formula is C12H27NO3. The van der Waals surface area contributed by atoms with Crippen molar-refractivity contribution in [3.05, 3.63) is 0 Å². The van der Waals surface area contributed by atoms with Gasteiger partial charge in [-0.25, -0.2) is 0 Å². The molecule has 0 bridgehead atoms. The Labute approximate surface area is 98.7 Å². The molecule has 1 atom stereocenters. The Hall–Kier alpha value is -0.160. The predicted molar refractivity (Wildman–Crippen MR) is 65.2 cm³/mol. The van der Waals surface area contributed by atoms with Crippen LogP contribution in [-0.4, -0.2) is 47.7 Å². The highest BCUT2D eigenvalue weighted by molar-refractivity contribution is 4.80. The number of aliphatic hydroxyl groups excluding tert-OH is 3. The summed E-state index contributed by atoms with van der Waals surface area (Å²) in [6, 6.07) is 0. The summed E-state index contributed by atoms with van der Waals surface area (Å²) in [5.41, 5.74) is -0.0256. The molecule has 0 aliphatic heterocycles. The fraction of sp³-hybridized carbons (Fsp3) is 1.00. The zero-order valence-corrected chi connectivity index (χ0v) is 11.0. The molecule has 0 spiro atoms. The van der Waals surface area contributed by atoms with E-state index in [1.54, 1.807) is 0 Å². The van der Waals surface area contributed by atoms with Crippen LogP contribution in [0.4, 0.5) is 0 Å². The van der Waals surface area contributed by atoms with Crippen molar-refractivity contribution < 1.29 is 15.3 Å². The lowest BCUT2D eigenvalue weighted by Gasteiger charge is -2.34. The van der Waals surface area contributed by atoms with E-state index < -0.39 is 6.10 Å². The molecule has 0 aliphatic carbocycles. The lowest BCUT2D eigenvalue weighted by molar-refractivity contribution is 0.0822. The molecule has 0 aliphatic rings. The number of nitrogens with one attached hydrogen (secondary N) is 1. The molecule has 0 amide bonds. The first-order valence-corrected chi connectivity index (χ1v) is 5.83. The molecule has 0 rings (SSSR count). The van der Waals surface area contributed by atoms with Crippen molar-refractivity contribution >= 4 is 0 Å². The van der Waals surface area contributed by atoms with Gasteiger partial charge in [-0.15, -0.1) is 0 Å². The van der Waals surface area contributed by atoms with Gasteiger partial charge in [-0.3, -0.25) is 0 Å². The Morgan fingerprint density at radius 2 is 1.62 bits per heavy atom. The maximum absolute atomic E-state index is 9.22. The van der Waals surface area contributed by atoms with Gasteiger partial charge in [0.25, 0.3) is 0 Å². The van der Waals surface area contributed by atoms with Gasteiger partial charge in [0, 0.05) is 19.7 Å². The van der Waals surface area contributed by atoms with Crippen molar-refractivity contribution in [3.8, 4) is 0 Å². The fourth-order valence-electron chi connectivity index (χ4n) is 2.06. The van der Waals surface area contributed by atoms with Gasteiger partial charge in [0.05, 0.1) is 12.7 Å². The number of rotatable bonds is 8. The Bertz CT molecular complexity index is 193. The minimum absolute atomic E-state index is 0.0570. The van der Waals surface area contributed by atoms with E-state index in [1.165, 1.54) is 0 Å². The maximum Gasteiger partial charge on any atom is 0.0894 e. The summed E-state index contributed by atoms with van der Waals surface area (Å²) < 4.78 is 0. The van der Waals surface area contributed by atoms with Crippen LogP contribution in [0.2, 0.25) is 0 Å². The molecular weight excluding hydrogens is 206 g/mol. The van der Waals surface area contributed by atoms with Crippen molar-refractivity contribution in [1.82, 2.24) is 5.32 Å². The quantitative estimate of drug-likeness (QED) is 0.488. The smallest absolute Gasteiger partial charge is 0.0894 e. The van der Waals surface area contributed by atoms with Crippen LogP contribution in [0.5, 0.6) is 0 Å². The second-order valence-corrected chi connectivity index (χ2v) is 6.13. The second kappa shape index (κ2) is 6.55. The van der Waals surface area contributed by atoms with E-state index in [9.17, 15) is 10.2 Å². The van der Waals surface area contributed by atoms with Crippen molar-refractivity contribution in [3.63, 3.8) is 0 Å². The van der Waals surface area contributed by atoms with Crippen LogP contribution in [0.15, 0.2) is 0 Å². The van der Waals surface area contributed by atoms with E-state index in [0.717, 1.165) is 13.0 Å². The van der Waals surface area contributed by atoms with Crippen molar-refractivity contribution in [2.75, 3.05) is 26.3 Å². The van der Waals surface area contributed by atoms with Gasteiger partial charge in [0.1, 0.15) is 0 Å². The average molecular weight is 233 g/mol. The molecule has 0 fully saturated rings. The monoisotopic (exact) mass is 233 g/mol. The molecule has 16 heavy (non-hydrogen) atoms. The molecule has 98 valence electrons. The third-order valence-corrected chi connectivity index (χ3v) is 2.58. The van der Waals surface area contributed by atoms with Gasteiger partial charge in [0.15, 0.2) is 0 Å². The molecule has 4 N–H and O–H groups in total. The summed E-state index contributed by atoms with van der Waals surface area (Å²) in [6.07, 6.45) is 0.209. The predicted octanol–water partition coefficient (Wildman–Crippen LogP) is 0.364. The van der Waals surface area contributed by atoms with Crippen LogP contribution in [0, 0.1) is 10.8 Å². The molecule has 0 saturated heterocycles. The molecule has 0 aromatic rings. The molecule has 0 saturated carbocycles. The topological polar surface area (TPSA) is 72.7 Å². The minimum Gasteiger partial charge on any atom is -0.396 e. The molecule has 0 aromatic carbocycles. The lowest BCUT2D eigenvalue weighted by atomic mass is 9.75. The zero-order chi connectivity index (χ0) is 12.8. The lowest BCUT2D eigenvalue weighted by Crippen LogP contribution is -2.38. The maximum atomic E-state index is 9.22. The van der Waals surface area contributed by atoms with Crippen LogP contribution in [0.3, 0.4) is 0 Å². The van der Waals surface area contributed by atoms with Crippen LogP contribution in [0.1, 0.15) is 34.1 Å². The van der Waals surface area contributed by atoms with Gasteiger partial charge >= 0.3 is 0 Å². The summed E-state index contributed by atoms with van der Waals surface area (Å²) >= 11 is 0. The SMILES string of the molecule is CC(C)(CO)CC(C)(C)CNCC(O)CO. The third-order valence-electron chi connectivity index (χ3n) is 2.58. The first-order chi connectivity index (χ1) is 7.22. The van der Waals surface area contributed by atoms with Gasteiger partial charge in [-0.05, 0) is 17.3 Å². The molecule has 0 radical (unpaired) electrons. The standard InChI is InChI=1S/C12H27NO3/c1-11(2,7-12(3,4)9-15)8-13-5-10(16)6-14/h10,13-16H,5-9H2,1-4H3. The third kappa shape index (κ3) is 7.17. The largest absolute Gasteiger partial charge is 0.396 e. The molecule has 4 nitrogen and oxygen atoms in total. The summed E-state index contributed by atoms with van der Waals surface area (Å²) in [5.74, 6) is 0. The highest BCUT2D eigenvalue weighted by Crippen LogP contribution is 2.32. The Kier molecular flexibility index (Phi) is 6.48. The van der Waals surface area contributed by atoms with Crippen molar-refractivity contribution in [2.24, 2.45) is 10.8 Å². The number of aliphatic hydroxyl groups is 3. The summed E-state index contributed by atoms with van der Waals surface area (Å²) in [5, 5.41) is 30.2. The van der Waals surface area contributed by atoms with Gasteiger partial charge < -0.3 is 20.6 Å². The first kappa shape index (κ1) is 15.8. The number of hydrogen-bond donors (Lipinski definition) is 4. The Morgan fingerprint density at radius 3 is 2.06 bits per heavy atom. The van der Waals surface area contributed by atoms with Crippen LogP contribution in [0.25, 0.3) is 0 Å². The molecule has 0 aromatic heterocycles. The van der Waals surface area contributed by atoms with Crippen LogP contribution in [-0.2, 0) is 0 Å². The van der Waals surface area contributed by atoms with E-state index in [0.29, 0.717) is 6.54 Å². The van der Waals surface area contributed by atoms with E-state index in [2.05, 4.69) is 19.2 Å². The zero-order valence-electron chi connectivity index (χ0n) is 11.0. The van der Waals surface area contributed by atoms with Crippen molar-refractivity contribution in [2.45, 2.75) is 40.2 Å². The average Bonchev–Trinajstić information content (AvgIpc) is 2.15. The van der Waals surface area contributed by atoms with Gasteiger partial charge in [-0.2, -0.15) is 0 Å². The molecule has 0 heterocycles. The highest BCUT2D eigenvalue weighted by atomic mass is 16.3. The van der Waals surface area contributed by atoms with Gasteiger partial charge in [0.2, 0.25) is 0 Å². The summed E-state index contributed by atoms with van der Waals surface area (Å²) in [7, 11) is 0. The fourth-order valence-corrected chi connectivity index (χ4v) is 2.06. The van der Waals surface area contributed by atoms with Crippen molar-refractivity contribution in [1.29, 1.82) is 0 Å². The van der Waals surface area contributed by atoms with Crippen LogP contribution >= 0.6 is 0 Å². The first-order valence-electron chi connectivity index (χ1n) is 5.83. The molecule has 1 unspecified atom stereocenters. The van der Waals surface area contributed by atoms with Gasteiger partial charge in [-0.1, -0.05) is 27.7 Å². The molecule has 4 heteroatoms. The van der Waals surface area contributed by atoms with E-state index in [1.807, 2.05) is 13.8 Å². The minimum atomic E-state index is -0.693. The van der Waals surface area contributed by atoms with E-state index >= 15 is 0 Å².